The van der Waals surface area contributed by atoms with Crippen molar-refractivity contribution < 1.29 is 9.59 Å². The zero-order valence-corrected chi connectivity index (χ0v) is 11.7. The number of likely N-dealkylation sites (N-methyl/N-ethyl adjacent to an activating group) is 1. The molecule has 4 nitrogen and oxygen atoms in total. The van der Waals surface area contributed by atoms with Gasteiger partial charge in [0.05, 0.1) is 6.42 Å². The summed E-state index contributed by atoms with van der Waals surface area (Å²) >= 11 is 0. The third-order valence-corrected chi connectivity index (χ3v) is 3.70. The zero-order chi connectivity index (χ0) is 14.0. The van der Waals surface area contributed by atoms with Gasteiger partial charge in [-0.15, -0.1) is 0 Å². The summed E-state index contributed by atoms with van der Waals surface area (Å²) in [4.78, 5) is 24.7. The Morgan fingerprint density at radius 3 is 2.21 bits per heavy atom. The van der Waals surface area contributed by atoms with Crippen molar-refractivity contribution in [3.63, 3.8) is 0 Å². The van der Waals surface area contributed by atoms with Gasteiger partial charge in [0, 0.05) is 12.7 Å². The van der Waals surface area contributed by atoms with E-state index in [4.69, 9.17) is 0 Å². The van der Waals surface area contributed by atoms with E-state index >= 15 is 0 Å². The monoisotopic (exact) mass is 260 g/mol. The molecule has 1 atom stereocenters. The minimum atomic E-state index is -0.421. The van der Waals surface area contributed by atoms with E-state index in [9.17, 15) is 9.59 Å². The second-order valence-electron chi connectivity index (χ2n) is 4.85. The molecule has 102 valence electrons. The fraction of sp³-hybridized carbons (Fsp3) is 0.467. The minimum Gasteiger partial charge on any atom is -0.373 e. The molecule has 0 saturated carbocycles. The van der Waals surface area contributed by atoms with E-state index in [1.165, 1.54) is 16.0 Å². The molecule has 0 aliphatic carbocycles. The standard InChI is InChI=1S/C15H20N2O2/c1-4-10-7-6-8-11(5-2)14(10)16-12-9-13(18)17(3)15(12)19/h6-8,12,16H,4-5,9H2,1-3H3. The van der Waals surface area contributed by atoms with Gasteiger partial charge < -0.3 is 5.32 Å². The molecule has 1 saturated heterocycles. The number of amides is 2. The van der Waals surface area contributed by atoms with Crippen LogP contribution in [0.3, 0.4) is 0 Å². The van der Waals surface area contributed by atoms with Crippen LogP contribution in [0.4, 0.5) is 5.69 Å². The lowest BCUT2D eigenvalue weighted by Gasteiger charge is -2.18. The van der Waals surface area contributed by atoms with Crippen LogP contribution in [0.15, 0.2) is 18.2 Å². The predicted octanol–water partition coefficient (Wildman–Crippen LogP) is 1.98. The maximum absolute atomic E-state index is 12.0. The predicted molar refractivity (Wildman–Crippen MR) is 75.0 cm³/mol. The first-order chi connectivity index (χ1) is 9.08. The summed E-state index contributed by atoms with van der Waals surface area (Å²) in [5.41, 5.74) is 3.40. The van der Waals surface area contributed by atoms with Crippen molar-refractivity contribution in [2.24, 2.45) is 0 Å². The van der Waals surface area contributed by atoms with Crippen LogP contribution in [0.25, 0.3) is 0 Å². The first kappa shape index (κ1) is 13.6. The number of nitrogens with zero attached hydrogens (tertiary/aromatic N) is 1. The van der Waals surface area contributed by atoms with Crippen molar-refractivity contribution in [3.05, 3.63) is 29.3 Å². The summed E-state index contributed by atoms with van der Waals surface area (Å²) in [5.74, 6) is -0.257. The largest absolute Gasteiger partial charge is 0.373 e. The Labute approximate surface area is 113 Å². The van der Waals surface area contributed by atoms with Gasteiger partial charge in [-0.2, -0.15) is 0 Å². The molecule has 1 unspecified atom stereocenters. The van der Waals surface area contributed by atoms with Crippen LogP contribution in [0.1, 0.15) is 31.4 Å². The second kappa shape index (κ2) is 5.43. The van der Waals surface area contributed by atoms with Gasteiger partial charge >= 0.3 is 0 Å². The Morgan fingerprint density at radius 1 is 1.21 bits per heavy atom. The van der Waals surface area contributed by atoms with Gasteiger partial charge in [-0.25, -0.2) is 0 Å². The van der Waals surface area contributed by atoms with Crippen LogP contribution < -0.4 is 5.32 Å². The first-order valence-electron chi connectivity index (χ1n) is 6.76. The lowest BCUT2D eigenvalue weighted by Crippen LogP contribution is -2.32. The fourth-order valence-corrected chi connectivity index (χ4v) is 2.47. The lowest BCUT2D eigenvalue weighted by molar-refractivity contribution is -0.136. The van der Waals surface area contributed by atoms with Crippen LogP contribution >= 0.6 is 0 Å². The molecule has 1 N–H and O–H groups in total. The number of hydrogen-bond acceptors (Lipinski definition) is 3. The molecule has 1 heterocycles. The number of imide groups is 1. The van der Waals surface area contributed by atoms with Crippen molar-refractivity contribution in [3.8, 4) is 0 Å². The number of aryl methyl sites for hydroxylation is 2. The molecule has 0 radical (unpaired) electrons. The highest BCUT2D eigenvalue weighted by molar-refractivity contribution is 6.06. The molecule has 2 amide bonds. The van der Waals surface area contributed by atoms with Crippen molar-refractivity contribution in [2.45, 2.75) is 39.2 Å². The average molecular weight is 260 g/mol. The third-order valence-electron chi connectivity index (χ3n) is 3.70. The van der Waals surface area contributed by atoms with Crippen LogP contribution in [0.2, 0.25) is 0 Å². The number of anilines is 1. The van der Waals surface area contributed by atoms with E-state index in [0.29, 0.717) is 0 Å². The number of nitrogens with one attached hydrogen (secondary N) is 1. The molecule has 2 rings (SSSR count). The van der Waals surface area contributed by atoms with Gasteiger partial charge in [-0.05, 0) is 24.0 Å². The van der Waals surface area contributed by atoms with Crippen LogP contribution in [0, 0.1) is 0 Å². The normalized spacial score (nSPS) is 19.1. The maximum atomic E-state index is 12.0. The highest BCUT2D eigenvalue weighted by Gasteiger charge is 2.36. The smallest absolute Gasteiger partial charge is 0.251 e. The first-order valence-corrected chi connectivity index (χ1v) is 6.76. The summed E-state index contributed by atoms with van der Waals surface area (Å²) in [5, 5.41) is 3.28. The Balaban J connectivity index is 2.28. The summed E-state index contributed by atoms with van der Waals surface area (Å²) in [6.45, 7) is 4.18. The van der Waals surface area contributed by atoms with E-state index in [-0.39, 0.29) is 18.2 Å². The van der Waals surface area contributed by atoms with Crippen LogP contribution in [-0.4, -0.2) is 29.8 Å². The van der Waals surface area contributed by atoms with Gasteiger partial charge in [0.1, 0.15) is 6.04 Å². The summed E-state index contributed by atoms with van der Waals surface area (Å²) in [7, 11) is 1.54. The molecule has 1 aliphatic heterocycles. The Morgan fingerprint density at radius 2 is 1.79 bits per heavy atom. The zero-order valence-electron chi connectivity index (χ0n) is 11.7. The third kappa shape index (κ3) is 2.48. The Bertz CT molecular complexity index is 489. The van der Waals surface area contributed by atoms with Gasteiger partial charge in [0.15, 0.2) is 0 Å². The molecule has 19 heavy (non-hydrogen) atoms. The molecule has 0 spiro atoms. The summed E-state index contributed by atoms with van der Waals surface area (Å²) in [6, 6.07) is 5.74. The van der Waals surface area contributed by atoms with Crippen molar-refractivity contribution in [1.82, 2.24) is 4.90 Å². The molecule has 0 bridgehead atoms. The summed E-state index contributed by atoms with van der Waals surface area (Å²) in [6.07, 6.45) is 2.05. The lowest BCUT2D eigenvalue weighted by atomic mass is 10.0. The van der Waals surface area contributed by atoms with Gasteiger partial charge in [-0.1, -0.05) is 32.0 Å². The summed E-state index contributed by atoms with van der Waals surface area (Å²) < 4.78 is 0. The molecule has 1 aromatic rings. The second-order valence-corrected chi connectivity index (χ2v) is 4.85. The number of carbonyl (C=O) groups is 2. The fourth-order valence-electron chi connectivity index (χ4n) is 2.47. The number of likely N-dealkylation sites (tertiary alicyclic amines) is 1. The van der Waals surface area contributed by atoms with Gasteiger partial charge in [0.2, 0.25) is 5.91 Å². The molecular weight excluding hydrogens is 240 g/mol. The Kier molecular flexibility index (Phi) is 3.88. The van der Waals surface area contributed by atoms with Crippen LogP contribution in [-0.2, 0) is 22.4 Å². The maximum Gasteiger partial charge on any atom is 0.251 e. The van der Waals surface area contributed by atoms with Crippen LogP contribution in [0.5, 0.6) is 0 Å². The van der Waals surface area contributed by atoms with E-state index in [2.05, 4.69) is 31.3 Å². The minimum absolute atomic E-state index is 0.116. The van der Waals surface area contributed by atoms with Crippen molar-refractivity contribution >= 4 is 17.5 Å². The molecule has 0 aromatic heterocycles. The molecule has 1 aromatic carbocycles. The van der Waals surface area contributed by atoms with E-state index in [1.54, 1.807) is 7.05 Å². The van der Waals surface area contributed by atoms with E-state index in [1.807, 2.05) is 6.07 Å². The highest BCUT2D eigenvalue weighted by Crippen LogP contribution is 2.25. The van der Waals surface area contributed by atoms with E-state index in [0.717, 1.165) is 18.5 Å². The number of para-hydroxylation sites is 1. The molecule has 1 aliphatic rings. The highest BCUT2D eigenvalue weighted by atomic mass is 16.2. The quantitative estimate of drug-likeness (QED) is 0.842. The van der Waals surface area contributed by atoms with Gasteiger partial charge in [0.25, 0.3) is 5.91 Å². The average Bonchev–Trinajstić information content (AvgIpc) is 2.66. The SMILES string of the molecule is CCc1cccc(CC)c1NC1CC(=O)N(C)C1=O. The Hall–Kier alpha value is -1.84. The van der Waals surface area contributed by atoms with Crippen molar-refractivity contribution in [1.29, 1.82) is 0 Å². The molecular formula is C15H20N2O2. The number of hydrogen-bond donors (Lipinski definition) is 1. The molecule has 4 heteroatoms. The number of benzene rings is 1. The number of carbonyl (C=O) groups excluding carboxylic acids is 2. The molecule has 1 fully saturated rings. The van der Waals surface area contributed by atoms with Gasteiger partial charge in [-0.3, -0.25) is 14.5 Å². The van der Waals surface area contributed by atoms with Crippen molar-refractivity contribution in [2.75, 3.05) is 12.4 Å². The topological polar surface area (TPSA) is 49.4 Å². The number of rotatable bonds is 4. The van der Waals surface area contributed by atoms with E-state index < -0.39 is 6.04 Å².